The average Bonchev–Trinajstić information content (AvgIpc) is 2.80. The zero-order valence-corrected chi connectivity index (χ0v) is 18.4. The molecular formula is C24H23N3O4S. The third-order valence-electron chi connectivity index (χ3n) is 4.67. The molecule has 0 spiro atoms. The number of rotatable bonds is 9. The minimum atomic E-state index is -3.66. The molecule has 3 rings (SSSR count). The molecule has 8 heteroatoms. The van der Waals surface area contributed by atoms with Gasteiger partial charge in [0.25, 0.3) is 5.91 Å². The Morgan fingerprint density at radius 2 is 1.62 bits per heavy atom. The van der Waals surface area contributed by atoms with Gasteiger partial charge in [0.1, 0.15) is 5.75 Å². The van der Waals surface area contributed by atoms with E-state index in [0.29, 0.717) is 17.9 Å². The molecule has 32 heavy (non-hydrogen) atoms. The highest BCUT2D eigenvalue weighted by Crippen LogP contribution is 2.20. The third-order valence-corrected chi connectivity index (χ3v) is 6.49. The number of nitriles is 1. The number of carbonyl (C=O) groups excluding carboxylic acids is 1. The summed E-state index contributed by atoms with van der Waals surface area (Å²) in [4.78, 5) is 12.2. The standard InChI is InChI=1S/C24H23N3O4S/c1-27(17-20-5-3-2-4-6-20)32(29,30)23-13-11-22(12-14-23)31-18-24(28)26-21-9-7-19(8-10-21)15-16-25/h2-14H,15,17-18H2,1H3,(H,26,28). The molecule has 0 radical (unpaired) electrons. The number of hydrogen-bond acceptors (Lipinski definition) is 5. The van der Waals surface area contributed by atoms with Crippen LogP contribution in [-0.2, 0) is 27.8 Å². The van der Waals surface area contributed by atoms with Gasteiger partial charge in [0.2, 0.25) is 10.0 Å². The van der Waals surface area contributed by atoms with E-state index < -0.39 is 10.0 Å². The van der Waals surface area contributed by atoms with Crippen LogP contribution in [0.5, 0.6) is 5.75 Å². The maximum Gasteiger partial charge on any atom is 0.262 e. The number of benzene rings is 3. The van der Waals surface area contributed by atoms with Gasteiger partial charge in [-0.1, -0.05) is 42.5 Å². The summed E-state index contributed by atoms with van der Waals surface area (Å²) >= 11 is 0. The lowest BCUT2D eigenvalue weighted by Gasteiger charge is -2.17. The fraction of sp³-hybridized carbons (Fsp3) is 0.167. The van der Waals surface area contributed by atoms with Crippen LogP contribution in [0.15, 0.2) is 83.8 Å². The molecule has 0 atom stereocenters. The Hall–Kier alpha value is -3.67. The molecule has 0 saturated heterocycles. The molecule has 0 saturated carbocycles. The van der Waals surface area contributed by atoms with Crippen LogP contribution in [0, 0.1) is 11.3 Å². The summed E-state index contributed by atoms with van der Waals surface area (Å²) in [6, 6.07) is 24.3. The van der Waals surface area contributed by atoms with E-state index in [9.17, 15) is 13.2 Å². The van der Waals surface area contributed by atoms with E-state index >= 15 is 0 Å². The van der Waals surface area contributed by atoms with E-state index in [-0.39, 0.29) is 24.0 Å². The Balaban J connectivity index is 1.54. The zero-order chi connectivity index (χ0) is 23.0. The second-order valence-corrected chi connectivity index (χ2v) is 9.13. The van der Waals surface area contributed by atoms with Crippen molar-refractivity contribution >= 4 is 21.6 Å². The smallest absolute Gasteiger partial charge is 0.262 e. The largest absolute Gasteiger partial charge is 0.484 e. The maximum absolute atomic E-state index is 12.8. The van der Waals surface area contributed by atoms with Crippen LogP contribution in [0.2, 0.25) is 0 Å². The predicted octanol–water partition coefficient (Wildman–Crippen LogP) is 3.59. The van der Waals surface area contributed by atoms with E-state index in [0.717, 1.165) is 11.1 Å². The number of nitrogens with zero attached hydrogens (tertiary/aromatic N) is 2. The van der Waals surface area contributed by atoms with Crippen LogP contribution >= 0.6 is 0 Å². The van der Waals surface area contributed by atoms with Gasteiger partial charge < -0.3 is 10.1 Å². The number of ether oxygens (including phenoxy) is 1. The van der Waals surface area contributed by atoms with Crippen LogP contribution < -0.4 is 10.1 Å². The van der Waals surface area contributed by atoms with Crippen molar-refractivity contribution in [3.8, 4) is 11.8 Å². The van der Waals surface area contributed by atoms with Crippen molar-refractivity contribution in [3.05, 3.63) is 90.0 Å². The lowest BCUT2D eigenvalue weighted by molar-refractivity contribution is -0.118. The first kappa shape index (κ1) is 23.0. The van der Waals surface area contributed by atoms with Crippen LogP contribution in [-0.4, -0.2) is 32.3 Å². The zero-order valence-electron chi connectivity index (χ0n) is 17.6. The first-order valence-electron chi connectivity index (χ1n) is 9.87. The third kappa shape index (κ3) is 6.17. The molecule has 0 aliphatic heterocycles. The summed E-state index contributed by atoms with van der Waals surface area (Å²) < 4.78 is 32.3. The molecule has 0 fully saturated rings. The molecule has 7 nitrogen and oxygen atoms in total. The molecule has 0 heterocycles. The highest BCUT2D eigenvalue weighted by Gasteiger charge is 2.21. The highest BCUT2D eigenvalue weighted by molar-refractivity contribution is 7.89. The summed E-state index contributed by atoms with van der Waals surface area (Å²) in [5.41, 5.74) is 2.36. The second kappa shape index (κ2) is 10.6. The SMILES string of the molecule is CN(Cc1ccccc1)S(=O)(=O)c1ccc(OCC(=O)Nc2ccc(CC#N)cc2)cc1. The fourth-order valence-corrected chi connectivity index (χ4v) is 4.12. The molecule has 164 valence electrons. The van der Waals surface area contributed by atoms with Crippen LogP contribution in [0.3, 0.4) is 0 Å². The van der Waals surface area contributed by atoms with E-state index in [2.05, 4.69) is 11.4 Å². The number of carbonyl (C=O) groups is 1. The van der Waals surface area contributed by atoms with Gasteiger partial charge in [0, 0.05) is 19.3 Å². The minimum absolute atomic E-state index is 0.144. The molecule has 1 N–H and O–H groups in total. The summed E-state index contributed by atoms with van der Waals surface area (Å²) in [6.45, 7) is 0.0407. The van der Waals surface area contributed by atoms with Crippen molar-refractivity contribution in [1.29, 1.82) is 5.26 Å². The molecule has 0 aliphatic rings. The van der Waals surface area contributed by atoms with Crippen molar-refractivity contribution in [1.82, 2.24) is 4.31 Å². The molecular weight excluding hydrogens is 426 g/mol. The Morgan fingerprint density at radius 3 is 2.25 bits per heavy atom. The van der Waals surface area contributed by atoms with Crippen LogP contribution in [0.25, 0.3) is 0 Å². The van der Waals surface area contributed by atoms with Gasteiger partial charge in [-0.3, -0.25) is 4.79 Å². The van der Waals surface area contributed by atoms with Crippen LogP contribution in [0.4, 0.5) is 5.69 Å². The maximum atomic E-state index is 12.8. The molecule has 0 aliphatic carbocycles. The van der Waals surface area contributed by atoms with E-state index in [1.807, 2.05) is 30.3 Å². The van der Waals surface area contributed by atoms with E-state index in [4.69, 9.17) is 10.00 Å². The Labute approximate surface area is 187 Å². The van der Waals surface area contributed by atoms with Crippen molar-refractivity contribution in [3.63, 3.8) is 0 Å². The van der Waals surface area contributed by atoms with Gasteiger partial charge in [0.15, 0.2) is 6.61 Å². The summed E-state index contributed by atoms with van der Waals surface area (Å²) in [6.07, 6.45) is 0.311. The quantitative estimate of drug-likeness (QED) is 0.538. The molecule has 0 unspecified atom stereocenters. The van der Waals surface area contributed by atoms with E-state index in [1.54, 1.807) is 24.3 Å². The fourth-order valence-electron chi connectivity index (χ4n) is 2.96. The molecule has 3 aromatic rings. The summed E-state index contributed by atoms with van der Waals surface area (Å²) in [5.74, 6) is 0.0338. The number of hydrogen-bond donors (Lipinski definition) is 1. The number of sulfonamides is 1. The number of amides is 1. The Bertz CT molecular complexity index is 1190. The first-order valence-corrected chi connectivity index (χ1v) is 11.3. The van der Waals surface area contributed by atoms with Crippen molar-refractivity contribution in [2.24, 2.45) is 0 Å². The van der Waals surface area contributed by atoms with E-state index in [1.165, 1.54) is 35.6 Å². The monoisotopic (exact) mass is 449 g/mol. The summed E-state index contributed by atoms with van der Waals surface area (Å²) in [5, 5.41) is 11.4. The number of anilines is 1. The van der Waals surface area contributed by atoms with Gasteiger partial charge in [0.05, 0.1) is 17.4 Å². The first-order chi connectivity index (χ1) is 15.4. The highest BCUT2D eigenvalue weighted by atomic mass is 32.2. The van der Waals surface area contributed by atoms with Crippen molar-refractivity contribution in [2.45, 2.75) is 17.9 Å². The van der Waals surface area contributed by atoms with Gasteiger partial charge >= 0.3 is 0 Å². The predicted molar refractivity (Wildman–Crippen MR) is 121 cm³/mol. The normalized spacial score (nSPS) is 11.0. The van der Waals surface area contributed by atoms with Gasteiger partial charge in [-0.15, -0.1) is 0 Å². The molecule has 0 aromatic heterocycles. The average molecular weight is 450 g/mol. The lowest BCUT2D eigenvalue weighted by atomic mass is 10.1. The van der Waals surface area contributed by atoms with Crippen LogP contribution in [0.1, 0.15) is 11.1 Å². The van der Waals surface area contributed by atoms with Gasteiger partial charge in [-0.25, -0.2) is 8.42 Å². The van der Waals surface area contributed by atoms with Gasteiger partial charge in [-0.2, -0.15) is 9.57 Å². The Morgan fingerprint density at radius 1 is 0.969 bits per heavy atom. The lowest BCUT2D eigenvalue weighted by Crippen LogP contribution is -2.26. The molecule has 0 bridgehead atoms. The number of nitrogens with one attached hydrogen (secondary N) is 1. The Kier molecular flexibility index (Phi) is 7.60. The molecule has 1 amide bonds. The topological polar surface area (TPSA) is 99.5 Å². The minimum Gasteiger partial charge on any atom is -0.484 e. The second-order valence-electron chi connectivity index (χ2n) is 7.09. The van der Waals surface area contributed by atoms with Crippen molar-refractivity contribution < 1.29 is 17.9 Å². The molecule has 3 aromatic carbocycles. The van der Waals surface area contributed by atoms with Gasteiger partial charge in [-0.05, 0) is 47.5 Å². The summed E-state index contributed by atoms with van der Waals surface area (Å²) in [7, 11) is -2.12. The van der Waals surface area contributed by atoms with Crippen molar-refractivity contribution in [2.75, 3.05) is 19.0 Å².